The van der Waals surface area contributed by atoms with Gasteiger partial charge in [-0.05, 0) is 18.6 Å². The van der Waals surface area contributed by atoms with Crippen molar-refractivity contribution in [2.75, 3.05) is 7.11 Å². The van der Waals surface area contributed by atoms with Gasteiger partial charge in [-0.25, -0.2) is 0 Å². The number of benzene rings is 1. The Morgan fingerprint density at radius 1 is 1.50 bits per heavy atom. The Hall–Kier alpha value is -1.97. The summed E-state index contributed by atoms with van der Waals surface area (Å²) in [5, 5.41) is 9.87. The fraction of sp³-hybridized carbons (Fsp3) is 0.250. The maximum atomic E-state index is 10.8. The number of ether oxygens (including phenoxy) is 1. The molecular formula is C12H13NO3. The van der Waals surface area contributed by atoms with Gasteiger partial charge in [0.15, 0.2) is 0 Å². The smallest absolute Gasteiger partial charge is 0.323 e. The topological polar surface area (TPSA) is 51.5 Å². The van der Waals surface area contributed by atoms with Crippen LogP contribution in [0, 0.1) is 6.92 Å². The minimum absolute atomic E-state index is 0.0509. The summed E-state index contributed by atoms with van der Waals surface area (Å²) in [6, 6.07) is 5.70. The Labute approximate surface area is 93.1 Å². The van der Waals surface area contributed by atoms with Crippen LogP contribution >= 0.6 is 0 Å². The van der Waals surface area contributed by atoms with Gasteiger partial charge in [0, 0.05) is 11.6 Å². The van der Waals surface area contributed by atoms with E-state index >= 15 is 0 Å². The third-order valence-electron chi connectivity index (χ3n) is 2.59. The van der Waals surface area contributed by atoms with Crippen molar-refractivity contribution in [1.82, 2.24) is 4.57 Å². The van der Waals surface area contributed by atoms with Gasteiger partial charge in [0.25, 0.3) is 0 Å². The first kappa shape index (κ1) is 10.5. The molecule has 0 radical (unpaired) electrons. The fourth-order valence-electron chi connectivity index (χ4n) is 1.94. The van der Waals surface area contributed by atoms with E-state index in [1.54, 1.807) is 11.7 Å². The average Bonchev–Trinajstić information content (AvgIpc) is 2.55. The molecule has 0 aliphatic heterocycles. The average molecular weight is 219 g/mol. The first-order valence-corrected chi connectivity index (χ1v) is 4.97. The molecule has 0 saturated heterocycles. The number of aromatic nitrogens is 1. The Morgan fingerprint density at radius 2 is 2.25 bits per heavy atom. The quantitative estimate of drug-likeness (QED) is 0.859. The highest BCUT2D eigenvalue weighted by Crippen LogP contribution is 2.29. The molecule has 0 atom stereocenters. The van der Waals surface area contributed by atoms with E-state index in [1.165, 1.54) is 0 Å². The zero-order chi connectivity index (χ0) is 11.7. The molecule has 2 rings (SSSR count). The Kier molecular flexibility index (Phi) is 2.56. The van der Waals surface area contributed by atoms with Crippen LogP contribution in [-0.4, -0.2) is 22.8 Å². The van der Waals surface area contributed by atoms with E-state index in [9.17, 15) is 4.79 Å². The van der Waals surface area contributed by atoms with Gasteiger partial charge in [-0.15, -0.1) is 0 Å². The summed E-state index contributed by atoms with van der Waals surface area (Å²) in [4.78, 5) is 10.8. The molecule has 0 aliphatic rings. The van der Waals surface area contributed by atoms with E-state index < -0.39 is 5.97 Å². The number of carboxylic acids is 1. The van der Waals surface area contributed by atoms with Gasteiger partial charge in [0.1, 0.15) is 12.3 Å². The molecule has 84 valence electrons. The lowest BCUT2D eigenvalue weighted by Crippen LogP contribution is -2.07. The number of carbonyl (C=O) groups is 1. The predicted octanol–water partition coefficient (Wildman–Crippen LogP) is 2.04. The summed E-state index contributed by atoms with van der Waals surface area (Å²) >= 11 is 0. The highest BCUT2D eigenvalue weighted by molar-refractivity contribution is 5.89. The van der Waals surface area contributed by atoms with Gasteiger partial charge in [0.05, 0.1) is 12.6 Å². The molecule has 0 saturated carbocycles. The first-order chi connectivity index (χ1) is 7.63. The van der Waals surface area contributed by atoms with Crippen molar-refractivity contribution in [2.45, 2.75) is 13.5 Å². The van der Waals surface area contributed by atoms with E-state index in [-0.39, 0.29) is 6.54 Å². The van der Waals surface area contributed by atoms with Gasteiger partial charge in [-0.2, -0.15) is 0 Å². The first-order valence-electron chi connectivity index (χ1n) is 4.97. The van der Waals surface area contributed by atoms with Crippen LogP contribution in [0.25, 0.3) is 10.9 Å². The summed E-state index contributed by atoms with van der Waals surface area (Å²) in [6.45, 7) is 1.91. The van der Waals surface area contributed by atoms with Gasteiger partial charge in [-0.1, -0.05) is 12.1 Å². The Balaban J connectivity index is 2.69. The highest BCUT2D eigenvalue weighted by Gasteiger charge is 2.11. The maximum Gasteiger partial charge on any atom is 0.323 e. The second-order valence-corrected chi connectivity index (χ2v) is 3.69. The van der Waals surface area contributed by atoms with Crippen molar-refractivity contribution in [1.29, 1.82) is 0 Å². The number of carboxylic acid groups (broad SMARTS) is 1. The monoisotopic (exact) mass is 219 g/mol. The molecule has 0 aliphatic carbocycles. The SMILES string of the molecule is COc1cccc2c(C)cn(CC(=O)O)c12. The number of methoxy groups -OCH3 is 1. The molecule has 0 unspecified atom stereocenters. The zero-order valence-corrected chi connectivity index (χ0v) is 9.23. The number of aliphatic carboxylic acids is 1. The van der Waals surface area contributed by atoms with Gasteiger partial charge < -0.3 is 14.4 Å². The van der Waals surface area contributed by atoms with E-state index in [0.717, 1.165) is 16.5 Å². The van der Waals surface area contributed by atoms with Crippen molar-refractivity contribution < 1.29 is 14.6 Å². The molecule has 1 heterocycles. The minimum atomic E-state index is -0.859. The predicted molar refractivity (Wildman–Crippen MR) is 60.9 cm³/mol. The van der Waals surface area contributed by atoms with Crippen LogP contribution in [0.5, 0.6) is 5.75 Å². The van der Waals surface area contributed by atoms with Crippen LogP contribution in [0.15, 0.2) is 24.4 Å². The molecule has 2 aromatic rings. The van der Waals surface area contributed by atoms with Crippen LogP contribution < -0.4 is 4.74 Å². The van der Waals surface area contributed by atoms with Crippen molar-refractivity contribution in [3.8, 4) is 5.75 Å². The Morgan fingerprint density at radius 3 is 2.88 bits per heavy atom. The van der Waals surface area contributed by atoms with Crippen LogP contribution in [0.3, 0.4) is 0 Å². The summed E-state index contributed by atoms with van der Waals surface area (Å²) in [5.74, 6) is -0.158. The normalized spacial score (nSPS) is 10.6. The molecular weight excluding hydrogens is 206 g/mol. The molecule has 1 aromatic heterocycles. The van der Waals surface area contributed by atoms with E-state index in [1.807, 2.05) is 31.3 Å². The molecule has 4 nitrogen and oxygen atoms in total. The lowest BCUT2D eigenvalue weighted by atomic mass is 10.2. The number of fused-ring (bicyclic) bond motifs is 1. The van der Waals surface area contributed by atoms with Crippen molar-refractivity contribution in [3.63, 3.8) is 0 Å². The number of hydrogen-bond acceptors (Lipinski definition) is 2. The molecule has 0 amide bonds. The third-order valence-corrected chi connectivity index (χ3v) is 2.59. The summed E-state index contributed by atoms with van der Waals surface area (Å²) in [6.07, 6.45) is 1.83. The minimum Gasteiger partial charge on any atom is -0.495 e. The second kappa shape index (κ2) is 3.89. The van der Waals surface area contributed by atoms with Gasteiger partial charge in [0.2, 0.25) is 0 Å². The van der Waals surface area contributed by atoms with Crippen molar-refractivity contribution >= 4 is 16.9 Å². The fourth-order valence-corrected chi connectivity index (χ4v) is 1.94. The summed E-state index contributed by atoms with van der Waals surface area (Å²) in [7, 11) is 1.59. The maximum absolute atomic E-state index is 10.8. The molecule has 0 fully saturated rings. The van der Waals surface area contributed by atoms with E-state index in [2.05, 4.69) is 0 Å². The van der Waals surface area contributed by atoms with Gasteiger partial charge >= 0.3 is 5.97 Å². The third kappa shape index (κ3) is 1.62. The number of para-hydroxylation sites is 1. The van der Waals surface area contributed by atoms with E-state index in [4.69, 9.17) is 9.84 Å². The molecule has 1 aromatic carbocycles. The zero-order valence-electron chi connectivity index (χ0n) is 9.23. The van der Waals surface area contributed by atoms with Gasteiger partial charge in [-0.3, -0.25) is 4.79 Å². The molecule has 0 spiro atoms. The number of nitrogens with zero attached hydrogens (tertiary/aromatic N) is 1. The Bertz CT molecular complexity index is 542. The van der Waals surface area contributed by atoms with Crippen molar-refractivity contribution in [2.24, 2.45) is 0 Å². The number of hydrogen-bond donors (Lipinski definition) is 1. The van der Waals surface area contributed by atoms with Crippen LogP contribution in [0.1, 0.15) is 5.56 Å². The molecule has 1 N–H and O–H groups in total. The number of aryl methyl sites for hydroxylation is 1. The standard InChI is InChI=1S/C12H13NO3/c1-8-6-13(7-11(14)15)12-9(8)4-3-5-10(12)16-2/h3-6H,7H2,1-2H3,(H,14,15). The van der Waals surface area contributed by atoms with Crippen LogP contribution in [0.4, 0.5) is 0 Å². The highest BCUT2D eigenvalue weighted by atomic mass is 16.5. The molecule has 16 heavy (non-hydrogen) atoms. The van der Waals surface area contributed by atoms with E-state index in [0.29, 0.717) is 5.75 Å². The lowest BCUT2D eigenvalue weighted by Gasteiger charge is -2.06. The second-order valence-electron chi connectivity index (χ2n) is 3.69. The number of rotatable bonds is 3. The van der Waals surface area contributed by atoms with Crippen LogP contribution in [-0.2, 0) is 11.3 Å². The lowest BCUT2D eigenvalue weighted by molar-refractivity contribution is -0.137. The molecule has 4 heteroatoms. The van der Waals surface area contributed by atoms with Crippen LogP contribution in [0.2, 0.25) is 0 Å². The summed E-state index contributed by atoms with van der Waals surface area (Å²) < 4.78 is 6.95. The molecule has 0 bridgehead atoms. The van der Waals surface area contributed by atoms with Crippen molar-refractivity contribution in [3.05, 3.63) is 30.0 Å². The summed E-state index contributed by atoms with van der Waals surface area (Å²) in [5.41, 5.74) is 1.89. The largest absolute Gasteiger partial charge is 0.495 e.